The molecule has 11 heavy (non-hydrogen) atoms. The van der Waals surface area contributed by atoms with E-state index in [0.717, 1.165) is 23.8 Å². The van der Waals surface area contributed by atoms with Gasteiger partial charge in [-0.25, -0.2) is 0 Å². The molecule has 2 rings (SSSR count). The zero-order chi connectivity index (χ0) is 8.01. The quantitative estimate of drug-likeness (QED) is 0.557. The molecule has 1 saturated heterocycles. The van der Waals surface area contributed by atoms with Crippen molar-refractivity contribution in [3.8, 4) is 0 Å². The van der Waals surface area contributed by atoms with Crippen molar-refractivity contribution in [3.63, 3.8) is 0 Å². The predicted molar refractivity (Wildman–Crippen MR) is 47.5 cm³/mol. The van der Waals surface area contributed by atoms with Crippen LogP contribution in [0, 0.1) is 17.8 Å². The van der Waals surface area contributed by atoms with Gasteiger partial charge in [0.2, 0.25) is 0 Å². The van der Waals surface area contributed by atoms with Gasteiger partial charge in [-0.15, -0.1) is 0 Å². The van der Waals surface area contributed by atoms with Crippen molar-refractivity contribution in [1.82, 2.24) is 4.90 Å². The first-order valence-electron chi connectivity index (χ1n) is 4.88. The zero-order valence-corrected chi connectivity index (χ0v) is 7.88. The van der Waals surface area contributed by atoms with Crippen LogP contribution in [0.4, 0.5) is 0 Å². The second-order valence-electron chi connectivity index (χ2n) is 4.74. The minimum atomic E-state index is 0.849. The molecule has 0 bridgehead atoms. The molecule has 0 spiro atoms. The van der Waals surface area contributed by atoms with Gasteiger partial charge in [-0.2, -0.15) is 0 Å². The summed E-state index contributed by atoms with van der Waals surface area (Å²) < 4.78 is 0. The van der Waals surface area contributed by atoms with Crippen LogP contribution in [0.15, 0.2) is 0 Å². The van der Waals surface area contributed by atoms with E-state index in [9.17, 15) is 0 Å². The summed E-state index contributed by atoms with van der Waals surface area (Å²) in [5.74, 6) is 3.04. The van der Waals surface area contributed by atoms with Gasteiger partial charge in [-0.1, -0.05) is 13.8 Å². The monoisotopic (exact) mass is 153 g/mol. The molecule has 1 aliphatic carbocycles. The lowest BCUT2D eigenvalue weighted by Crippen LogP contribution is -2.40. The van der Waals surface area contributed by atoms with Gasteiger partial charge in [-0.3, -0.25) is 0 Å². The van der Waals surface area contributed by atoms with Crippen LogP contribution in [0.1, 0.15) is 26.7 Å². The van der Waals surface area contributed by atoms with Crippen molar-refractivity contribution in [2.45, 2.75) is 32.7 Å². The van der Waals surface area contributed by atoms with Gasteiger partial charge in [0.25, 0.3) is 0 Å². The Morgan fingerprint density at radius 3 is 2.55 bits per heavy atom. The minimum absolute atomic E-state index is 0.849. The van der Waals surface area contributed by atoms with Crippen molar-refractivity contribution in [1.29, 1.82) is 0 Å². The maximum absolute atomic E-state index is 2.57. The van der Waals surface area contributed by atoms with Crippen molar-refractivity contribution in [2.75, 3.05) is 13.6 Å². The Morgan fingerprint density at radius 1 is 1.18 bits per heavy atom. The maximum Gasteiger partial charge on any atom is 0.0118 e. The smallest absolute Gasteiger partial charge is 0.0118 e. The van der Waals surface area contributed by atoms with Crippen LogP contribution < -0.4 is 0 Å². The molecule has 0 aromatic rings. The van der Waals surface area contributed by atoms with Crippen molar-refractivity contribution in [2.24, 2.45) is 17.8 Å². The summed E-state index contributed by atoms with van der Waals surface area (Å²) >= 11 is 0. The largest absolute Gasteiger partial charge is 0.303 e. The molecule has 1 aliphatic heterocycles. The summed E-state index contributed by atoms with van der Waals surface area (Å²) in [6.45, 7) is 6.07. The first kappa shape index (κ1) is 7.60. The van der Waals surface area contributed by atoms with Gasteiger partial charge in [-0.05, 0) is 37.6 Å². The molecule has 64 valence electrons. The highest BCUT2D eigenvalue weighted by atomic mass is 15.2. The summed E-state index contributed by atoms with van der Waals surface area (Å²) in [6.07, 6.45) is 2.99. The first-order chi connectivity index (χ1) is 5.18. The number of rotatable bonds is 1. The third kappa shape index (κ3) is 1.31. The standard InChI is InChI=1S/C10H19N/c1-7(2)10-5-8-4-9(8)6-11(10)3/h7-10H,4-6H2,1-3H3/t8-,9+,10+/m1/s1. The van der Waals surface area contributed by atoms with E-state index in [-0.39, 0.29) is 0 Å². The van der Waals surface area contributed by atoms with Crippen LogP contribution in [0.2, 0.25) is 0 Å². The fourth-order valence-corrected chi connectivity index (χ4v) is 2.60. The van der Waals surface area contributed by atoms with Crippen LogP contribution in [0.3, 0.4) is 0 Å². The number of hydrogen-bond acceptors (Lipinski definition) is 1. The average molecular weight is 153 g/mol. The van der Waals surface area contributed by atoms with E-state index in [1.165, 1.54) is 19.4 Å². The molecule has 1 nitrogen and oxygen atoms in total. The molecule has 2 fully saturated rings. The molecule has 0 N–H and O–H groups in total. The van der Waals surface area contributed by atoms with Gasteiger partial charge in [0.15, 0.2) is 0 Å². The van der Waals surface area contributed by atoms with Crippen LogP contribution >= 0.6 is 0 Å². The Bertz CT molecular complexity index is 153. The molecule has 1 heterocycles. The summed E-state index contributed by atoms with van der Waals surface area (Å²) in [6, 6.07) is 0.874. The van der Waals surface area contributed by atoms with E-state index in [1.54, 1.807) is 0 Å². The molecule has 0 aromatic carbocycles. The highest BCUT2D eigenvalue weighted by molar-refractivity contribution is 4.97. The Balaban J connectivity index is 1.97. The summed E-state index contributed by atoms with van der Waals surface area (Å²) in [4.78, 5) is 2.57. The van der Waals surface area contributed by atoms with Crippen LogP contribution in [0.5, 0.6) is 0 Å². The molecular formula is C10H19N. The number of nitrogens with zero attached hydrogens (tertiary/aromatic N) is 1. The summed E-state index contributed by atoms with van der Waals surface area (Å²) in [5.41, 5.74) is 0. The number of hydrogen-bond donors (Lipinski definition) is 0. The van der Waals surface area contributed by atoms with Crippen LogP contribution in [0.25, 0.3) is 0 Å². The van der Waals surface area contributed by atoms with Crippen molar-refractivity contribution < 1.29 is 0 Å². The first-order valence-corrected chi connectivity index (χ1v) is 4.88. The van der Waals surface area contributed by atoms with Gasteiger partial charge >= 0.3 is 0 Å². The number of likely N-dealkylation sites (tertiary alicyclic amines) is 1. The van der Waals surface area contributed by atoms with Crippen LogP contribution in [-0.4, -0.2) is 24.5 Å². The van der Waals surface area contributed by atoms with Gasteiger partial charge in [0, 0.05) is 12.6 Å². The third-order valence-corrected chi connectivity index (χ3v) is 3.47. The number of piperidine rings is 1. The fourth-order valence-electron chi connectivity index (χ4n) is 2.60. The molecule has 0 aromatic heterocycles. The van der Waals surface area contributed by atoms with Gasteiger partial charge in [0.05, 0.1) is 0 Å². The second kappa shape index (κ2) is 2.48. The Labute approximate surface area is 69.8 Å². The summed E-state index contributed by atoms with van der Waals surface area (Å²) in [5, 5.41) is 0. The lowest BCUT2D eigenvalue weighted by atomic mass is 9.93. The Morgan fingerprint density at radius 2 is 1.91 bits per heavy atom. The molecular weight excluding hydrogens is 134 g/mol. The molecule has 0 amide bonds. The zero-order valence-electron chi connectivity index (χ0n) is 7.88. The second-order valence-corrected chi connectivity index (χ2v) is 4.74. The fraction of sp³-hybridized carbons (Fsp3) is 1.00. The Hall–Kier alpha value is -0.0400. The van der Waals surface area contributed by atoms with Crippen molar-refractivity contribution >= 4 is 0 Å². The molecule has 1 heteroatoms. The molecule has 2 aliphatic rings. The third-order valence-electron chi connectivity index (χ3n) is 3.47. The minimum Gasteiger partial charge on any atom is -0.303 e. The van der Waals surface area contributed by atoms with E-state index in [0.29, 0.717) is 0 Å². The van der Waals surface area contributed by atoms with Crippen LogP contribution in [-0.2, 0) is 0 Å². The normalized spacial score (nSPS) is 44.2. The highest BCUT2D eigenvalue weighted by Gasteiger charge is 2.44. The van der Waals surface area contributed by atoms with E-state index in [2.05, 4.69) is 25.8 Å². The van der Waals surface area contributed by atoms with Crippen molar-refractivity contribution in [3.05, 3.63) is 0 Å². The lowest BCUT2D eigenvalue weighted by molar-refractivity contribution is 0.137. The Kier molecular flexibility index (Phi) is 1.71. The summed E-state index contributed by atoms with van der Waals surface area (Å²) in [7, 11) is 2.29. The van der Waals surface area contributed by atoms with E-state index >= 15 is 0 Å². The van der Waals surface area contributed by atoms with Gasteiger partial charge in [0.1, 0.15) is 0 Å². The van der Waals surface area contributed by atoms with Gasteiger partial charge < -0.3 is 4.90 Å². The van der Waals surface area contributed by atoms with E-state index < -0.39 is 0 Å². The predicted octanol–water partition coefficient (Wildman–Crippen LogP) is 1.98. The lowest BCUT2D eigenvalue weighted by Gasteiger charge is -2.34. The average Bonchev–Trinajstić information content (AvgIpc) is 2.63. The number of fused-ring (bicyclic) bond motifs is 1. The van der Waals surface area contributed by atoms with E-state index in [1.807, 2.05) is 0 Å². The molecule has 1 saturated carbocycles. The highest BCUT2D eigenvalue weighted by Crippen LogP contribution is 2.47. The maximum atomic E-state index is 2.57. The molecule has 3 atom stereocenters. The topological polar surface area (TPSA) is 3.24 Å². The molecule has 0 unspecified atom stereocenters. The molecule has 0 radical (unpaired) electrons. The van der Waals surface area contributed by atoms with E-state index in [4.69, 9.17) is 0 Å². The SMILES string of the molecule is CC(C)[C@@H]1C[C@H]2C[C@H]2CN1C.